The van der Waals surface area contributed by atoms with E-state index in [1.165, 1.54) is 0 Å². The molecule has 2 fully saturated rings. The van der Waals surface area contributed by atoms with E-state index in [0.717, 1.165) is 24.8 Å². The molecule has 5 heteroatoms. The zero-order chi connectivity index (χ0) is 14.9. The molecule has 0 saturated heterocycles. The number of carboxylic acid groups (broad SMARTS) is 1. The van der Waals surface area contributed by atoms with Gasteiger partial charge in [0.2, 0.25) is 0 Å². The van der Waals surface area contributed by atoms with Gasteiger partial charge in [-0.1, -0.05) is 36.8 Å². The third kappa shape index (κ3) is 2.48. The Morgan fingerprint density at radius 3 is 2.57 bits per heavy atom. The summed E-state index contributed by atoms with van der Waals surface area (Å²) in [5.41, 5.74) is 0.709. The molecule has 112 valence electrons. The van der Waals surface area contributed by atoms with Crippen LogP contribution in [0.5, 0.6) is 0 Å². The van der Waals surface area contributed by atoms with Gasteiger partial charge in [-0.05, 0) is 24.8 Å². The second kappa shape index (κ2) is 5.39. The molecule has 2 saturated carbocycles. The minimum Gasteiger partial charge on any atom is -0.481 e. The first-order chi connectivity index (χ1) is 10.1. The molecule has 2 aliphatic rings. The Hall–Kier alpha value is -2.04. The Labute approximate surface area is 123 Å². The lowest BCUT2D eigenvalue weighted by atomic mass is 9.47. The van der Waals surface area contributed by atoms with Crippen molar-refractivity contribution in [2.75, 3.05) is 0 Å². The monoisotopic (exact) mass is 289 g/mol. The summed E-state index contributed by atoms with van der Waals surface area (Å²) in [5, 5.41) is 12.0. The van der Waals surface area contributed by atoms with Crippen molar-refractivity contribution in [1.29, 1.82) is 0 Å². The summed E-state index contributed by atoms with van der Waals surface area (Å²) in [7, 11) is 0. The quantitative estimate of drug-likeness (QED) is 0.893. The zero-order valence-corrected chi connectivity index (χ0v) is 11.7. The molecule has 1 amide bonds. The van der Waals surface area contributed by atoms with E-state index < -0.39 is 12.1 Å². The molecule has 0 bridgehead atoms. The van der Waals surface area contributed by atoms with Gasteiger partial charge in [0, 0.05) is 11.5 Å². The molecule has 2 atom stereocenters. The summed E-state index contributed by atoms with van der Waals surface area (Å²) < 4.78 is 5.19. The SMILES string of the molecule is O=C(NC1CC(C(=O)O)C12CCC2)OCc1ccccc1. The molecule has 2 unspecified atom stereocenters. The average molecular weight is 289 g/mol. The number of alkyl carbamates (subject to hydrolysis) is 1. The normalized spacial score (nSPS) is 25.5. The number of amides is 1. The largest absolute Gasteiger partial charge is 0.481 e. The van der Waals surface area contributed by atoms with E-state index in [1.54, 1.807) is 0 Å². The van der Waals surface area contributed by atoms with Gasteiger partial charge in [-0.25, -0.2) is 4.79 Å². The molecule has 2 aliphatic carbocycles. The summed E-state index contributed by atoms with van der Waals surface area (Å²) in [6.07, 6.45) is 2.86. The molecule has 0 radical (unpaired) electrons. The van der Waals surface area contributed by atoms with Gasteiger partial charge in [0.25, 0.3) is 0 Å². The van der Waals surface area contributed by atoms with Crippen molar-refractivity contribution in [2.45, 2.75) is 38.3 Å². The molecular weight excluding hydrogens is 270 g/mol. The average Bonchev–Trinajstić information content (AvgIpc) is 2.39. The summed E-state index contributed by atoms with van der Waals surface area (Å²) in [6, 6.07) is 9.42. The smallest absolute Gasteiger partial charge is 0.407 e. The Morgan fingerprint density at radius 1 is 1.29 bits per heavy atom. The van der Waals surface area contributed by atoms with E-state index in [9.17, 15) is 14.7 Å². The van der Waals surface area contributed by atoms with Crippen molar-refractivity contribution in [1.82, 2.24) is 5.32 Å². The van der Waals surface area contributed by atoms with Crippen LogP contribution in [0.1, 0.15) is 31.2 Å². The molecule has 1 spiro atoms. The lowest BCUT2D eigenvalue weighted by Crippen LogP contribution is -2.66. The van der Waals surface area contributed by atoms with Crippen molar-refractivity contribution in [3.8, 4) is 0 Å². The number of rotatable bonds is 4. The van der Waals surface area contributed by atoms with Crippen molar-refractivity contribution in [3.63, 3.8) is 0 Å². The van der Waals surface area contributed by atoms with Crippen LogP contribution >= 0.6 is 0 Å². The molecule has 1 aromatic carbocycles. The van der Waals surface area contributed by atoms with E-state index >= 15 is 0 Å². The van der Waals surface area contributed by atoms with Crippen LogP contribution < -0.4 is 5.32 Å². The van der Waals surface area contributed by atoms with Gasteiger partial charge >= 0.3 is 12.1 Å². The molecule has 0 aromatic heterocycles. The molecule has 0 heterocycles. The van der Waals surface area contributed by atoms with Gasteiger partial charge < -0.3 is 15.2 Å². The molecular formula is C16H19NO4. The molecule has 0 aliphatic heterocycles. The number of benzene rings is 1. The first-order valence-electron chi connectivity index (χ1n) is 7.32. The Morgan fingerprint density at radius 2 is 2.00 bits per heavy atom. The van der Waals surface area contributed by atoms with Gasteiger partial charge in [0.05, 0.1) is 5.92 Å². The van der Waals surface area contributed by atoms with Crippen LogP contribution in [0.25, 0.3) is 0 Å². The maximum atomic E-state index is 11.8. The van der Waals surface area contributed by atoms with Crippen LogP contribution in [0, 0.1) is 11.3 Å². The summed E-state index contributed by atoms with van der Waals surface area (Å²) in [5.74, 6) is -1.06. The fraction of sp³-hybridized carbons (Fsp3) is 0.500. The highest BCUT2D eigenvalue weighted by Gasteiger charge is 2.61. The maximum Gasteiger partial charge on any atom is 0.407 e. The van der Waals surface area contributed by atoms with Crippen molar-refractivity contribution >= 4 is 12.1 Å². The maximum absolute atomic E-state index is 11.8. The van der Waals surface area contributed by atoms with E-state index in [2.05, 4.69) is 5.32 Å². The van der Waals surface area contributed by atoms with Crippen molar-refractivity contribution in [3.05, 3.63) is 35.9 Å². The summed E-state index contributed by atoms with van der Waals surface area (Å²) in [6.45, 7) is 0.231. The van der Waals surface area contributed by atoms with Crippen molar-refractivity contribution < 1.29 is 19.4 Å². The van der Waals surface area contributed by atoms with Crippen LogP contribution in [0.3, 0.4) is 0 Å². The number of aliphatic carboxylic acids is 1. The van der Waals surface area contributed by atoms with Crippen LogP contribution in [0.15, 0.2) is 30.3 Å². The number of carboxylic acids is 1. The molecule has 1 aromatic rings. The lowest BCUT2D eigenvalue weighted by molar-refractivity contribution is -0.167. The summed E-state index contributed by atoms with van der Waals surface area (Å²) in [4.78, 5) is 23.0. The molecule has 21 heavy (non-hydrogen) atoms. The predicted molar refractivity (Wildman–Crippen MR) is 75.6 cm³/mol. The number of hydrogen-bond acceptors (Lipinski definition) is 3. The van der Waals surface area contributed by atoms with E-state index in [4.69, 9.17) is 4.74 Å². The van der Waals surface area contributed by atoms with Gasteiger partial charge in [0.1, 0.15) is 6.61 Å². The Balaban J connectivity index is 1.51. The number of hydrogen-bond donors (Lipinski definition) is 2. The first-order valence-corrected chi connectivity index (χ1v) is 7.32. The Kier molecular flexibility index (Phi) is 3.57. The lowest BCUT2D eigenvalue weighted by Gasteiger charge is -2.59. The standard InChI is InChI=1S/C16H19NO4/c18-14(19)12-9-13(16(12)7-4-8-16)17-15(20)21-10-11-5-2-1-3-6-11/h1-3,5-6,12-13H,4,7-10H2,(H,17,20)(H,18,19). The summed E-state index contributed by atoms with van der Waals surface area (Å²) >= 11 is 0. The number of carbonyl (C=O) groups is 2. The first kappa shape index (κ1) is 13.9. The van der Waals surface area contributed by atoms with Gasteiger partial charge in [-0.3, -0.25) is 4.79 Å². The minimum atomic E-state index is -0.745. The number of ether oxygens (including phenoxy) is 1. The molecule has 5 nitrogen and oxygen atoms in total. The highest BCUT2D eigenvalue weighted by Crippen LogP contribution is 2.59. The number of carbonyl (C=O) groups excluding carboxylic acids is 1. The van der Waals surface area contributed by atoms with Crippen LogP contribution in [0.2, 0.25) is 0 Å². The highest BCUT2D eigenvalue weighted by molar-refractivity contribution is 5.75. The third-order valence-corrected chi connectivity index (χ3v) is 4.95. The van der Waals surface area contributed by atoms with Gasteiger partial charge in [-0.15, -0.1) is 0 Å². The third-order valence-electron chi connectivity index (χ3n) is 4.95. The molecule has 2 N–H and O–H groups in total. The van der Waals surface area contributed by atoms with Crippen LogP contribution in [-0.4, -0.2) is 23.2 Å². The number of nitrogens with one attached hydrogen (secondary N) is 1. The van der Waals surface area contributed by atoms with Crippen LogP contribution in [0.4, 0.5) is 4.79 Å². The van der Waals surface area contributed by atoms with Crippen LogP contribution in [-0.2, 0) is 16.1 Å². The fourth-order valence-electron chi connectivity index (χ4n) is 3.53. The van der Waals surface area contributed by atoms with E-state index in [0.29, 0.717) is 6.42 Å². The van der Waals surface area contributed by atoms with Gasteiger partial charge in [0.15, 0.2) is 0 Å². The van der Waals surface area contributed by atoms with E-state index in [-0.39, 0.29) is 24.0 Å². The fourth-order valence-corrected chi connectivity index (χ4v) is 3.53. The molecule has 3 rings (SSSR count). The highest BCUT2D eigenvalue weighted by atomic mass is 16.5. The Bertz CT molecular complexity index is 538. The zero-order valence-electron chi connectivity index (χ0n) is 11.7. The second-order valence-electron chi connectivity index (χ2n) is 5.97. The predicted octanol–water partition coefficient (Wildman–Crippen LogP) is 2.56. The van der Waals surface area contributed by atoms with Gasteiger partial charge in [-0.2, -0.15) is 0 Å². The topological polar surface area (TPSA) is 75.6 Å². The van der Waals surface area contributed by atoms with E-state index in [1.807, 2.05) is 30.3 Å². The minimum absolute atomic E-state index is 0.0596. The van der Waals surface area contributed by atoms with Crippen molar-refractivity contribution in [2.24, 2.45) is 11.3 Å². The second-order valence-corrected chi connectivity index (χ2v) is 5.97.